The number of hydrogen-bond acceptors (Lipinski definition) is 2. The molecule has 5 nitrogen and oxygen atoms in total. The fraction of sp³-hybridized carbons (Fsp3) is 0.467. The van der Waals surface area contributed by atoms with Crippen molar-refractivity contribution in [3.63, 3.8) is 0 Å². The average molecular weight is 311 g/mol. The zero-order valence-corrected chi connectivity index (χ0v) is 12.6. The number of carboxylic acid groups (broad SMARTS) is 1. The molecule has 114 valence electrons. The topological polar surface area (TPSA) is 78.4 Å². The first-order chi connectivity index (χ1) is 9.95. The highest BCUT2D eigenvalue weighted by atomic mass is 35.5. The van der Waals surface area contributed by atoms with Crippen molar-refractivity contribution in [2.24, 2.45) is 5.92 Å². The number of aryl methyl sites for hydroxylation is 1. The van der Waals surface area contributed by atoms with Crippen molar-refractivity contribution in [1.82, 2.24) is 5.32 Å². The summed E-state index contributed by atoms with van der Waals surface area (Å²) in [6.07, 6.45) is 2.62. The first kappa shape index (κ1) is 15.6. The molecule has 0 spiro atoms. The number of halogens is 1. The summed E-state index contributed by atoms with van der Waals surface area (Å²) in [7, 11) is 0. The summed E-state index contributed by atoms with van der Waals surface area (Å²) in [5.41, 5.74) is 1.61. The van der Waals surface area contributed by atoms with E-state index in [-0.39, 0.29) is 18.0 Å². The highest BCUT2D eigenvalue weighted by Gasteiger charge is 2.26. The van der Waals surface area contributed by atoms with Crippen molar-refractivity contribution in [2.45, 2.75) is 38.6 Å². The van der Waals surface area contributed by atoms with E-state index in [4.69, 9.17) is 16.7 Å². The summed E-state index contributed by atoms with van der Waals surface area (Å²) in [5.74, 6) is -1.01. The molecule has 3 N–H and O–H groups in total. The van der Waals surface area contributed by atoms with Crippen LogP contribution in [-0.2, 0) is 4.79 Å². The highest BCUT2D eigenvalue weighted by molar-refractivity contribution is 6.30. The first-order valence-electron chi connectivity index (χ1n) is 7.02. The first-order valence-corrected chi connectivity index (χ1v) is 7.40. The van der Waals surface area contributed by atoms with Crippen molar-refractivity contribution in [3.05, 3.63) is 28.8 Å². The molecular weight excluding hydrogens is 292 g/mol. The molecule has 1 aliphatic carbocycles. The Hall–Kier alpha value is -1.75. The second-order valence-corrected chi connectivity index (χ2v) is 5.88. The number of carboxylic acids is 1. The normalized spacial score (nSPS) is 21.6. The molecule has 1 saturated carbocycles. The number of benzene rings is 1. The predicted octanol–water partition coefficient (Wildman–Crippen LogP) is 3.41. The molecule has 0 atom stereocenters. The van der Waals surface area contributed by atoms with Gasteiger partial charge >= 0.3 is 12.0 Å². The molecule has 1 aliphatic rings. The van der Waals surface area contributed by atoms with Crippen LogP contribution in [0.1, 0.15) is 31.2 Å². The molecule has 0 bridgehead atoms. The van der Waals surface area contributed by atoms with Gasteiger partial charge in [-0.2, -0.15) is 0 Å². The quantitative estimate of drug-likeness (QED) is 0.800. The summed E-state index contributed by atoms with van der Waals surface area (Å²) in [5, 5.41) is 15.3. The molecular formula is C15H19ClN2O3. The lowest BCUT2D eigenvalue weighted by molar-refractivity contribution is -0.142. The number of rotatable bonds is 3. The number of urea groups is 1. The van der Waals surface area contributed by atoms with E-state index in [0.29, 0.717) is 30.7 Å². The molecule has 0 unspecified atom stereocenters. The SMILES string of the molecule is Cc1cc(Cl)ccc1NC(=O)NC1CCC(C(=O)O)CC1. The van der Waals surface area contributed by atoms with Gasteiger partial charge < -0.3 is 15.7 Å². The Morgan fingerprint density at radius 3 is 2.48 bits per heavy atom. The van der Waals surface area contributed by atoms with E-state index in [1.165, 1.54) is 0 Å². The zero-order chi connectivity index (χ0) is 15.4. The minimum absolute atomic E-state index is 0.0354. The van der Waals surface area contributed by atoms with Gasteiger partial charge in [0.05, 0.1) is 5.92 Å². The van der Waals surface area contributed by atoms with Crippen molar-refractivity contribution in [3.8, 4) is 0 Å². The molecule has 0 aromatic heterocycles. The minimum atomic E-state index is -0.741. The van der Waals surface area contributed by atoms with Gasteiger partial charge in [0.1, 0.15) is 0 Å². The average Bonchev–Trinajstić information content (AvgIpc) is 2.42. The zero-order valence-electron chi connectivity index (χ0n) is 11.9. The second-order valence-electron chi connectivity index (χ2n) is 5.44. The molecule has 1 aromatic rings. The summed E-state index contributed by atoms with van der Waals surface area (Å²) in [4.78, 5) is 22.8. The van der Waals surface area contributed by atoms with Gasteiger partial charge in [0, 0.05) is 16.8 Å². The van der Waals surface area contributed by atoms with Crippen LogP contribution >= 0.6 is 11.6 Å². The Bertz CT molecular complexity index is 540. The molecule has 0 radical (unpaired) electrons. The second kappa shape index (κ2) is 6.80. The fourth-order valence-electron chi connectivity index (χ4n) is 2.60. The third kappa shape index (κ3) is 4.36. The fourth-order valence-corrected chi connectivity index (χ4v) is 2.82. The maximum Gasteiger partial charge on any atom is 0.319 e. The van der Waals surface area contributed by atoms with Crippen molar-refractivity contribution in [1.29, 1.82) is 0 Å². The summed E-state index contributed by atoms with van der Waals surface area (Å²) < 4.78 is 0. The lowest BCUT2D eigenvalue weighted by Crippen LogP contribution is -2.41. The number of hydrogen-bond donors (Lipinski definition) is 3. The Morgan fingerprint density at radius 1 is 1.24 bits per heavy atom. The highest BCUT2D eigenvalue weighted by Crippen LogP contribution is 2.25. The number of amides is 2. The molecule has 0 heterocycles. The van der Waals surface area contributed by atoms with Gasteiger partial charge in [0.15, 0.2) is 0 Å². The number of nitrogens with one attached hydrogen (secondary N) is 2. The third-order valence-corrected chi connectivity index (χ3v) is 4.08. The van der Waals surface area contributed by atoms with E-state index in [1.807, 2.05) is 6.92 Å². The van der Waals surface area contributed by atoms with Gasteiger partial charge in [-0.15, -0.1) is 0 Å². The van der Waals surface area contributed by atoms with Gasteiger partial charge in [0.2, 0.25) is 0 Å². The van der Waals surface area contributed by atoms with Crippen LogP contribution < -0.4 is 10.6 Å². The Labute approximate surface area is 128 Å². The van der Waals surface area contributed by atoms with Crippen LogP contribution in [0, 0.1) is 12.8 Å². The van der Waals surface area contributed by atoms with Crippen LogP contribution in [0.25, 0.3) is 0 Å². The Kier molecular flexibility index (Phi) is 5.07. The maximum absolute atomic E-state index is 12.0. The number of carbonyl (C=O) groups is 2. The lowest BCUT2D eigenvalue weighted by atomic mass is 9.86. The Morgan fingerprint density at radius 2 is 1.90 bits per heavy atom. The van der Waals surface area contributed by atoms with Crippen molar-refractivity contribution in [2.75, 3.05) is 5.32 Å². The van der Waals surface area contributed by atoms with Crippen LogP contribution in [-0.4, -0.2) is 23.1 Å². The van der Waals surface area contributed by atoms with E-state index in [9.17, 15) is 9.59 Å². The third-order valence-electron chi connectivity index (χ3n) is 3.85. The standard InChI is InChI=1S/C15H19ClN2O3/c1-9-8-11(16)4-7-13(9)18-15(21)17-12-5-2-10(3-6-12)14(19)20/h4,7-8,10,12H,2-3,5-6H2,1H3,(H,19,20)(H2,17,18,21). The van der Waals surface area contributed by atoms with E-state index < -0.39 is 5.97 Å². The number of anilines is 1. The Balaban J connectivity index is 1.84. The van der Waals surface area contributed by atoms with Gasteiger partial charge in [-0.1, -0.05) is 11.6 Å². The van der Waals surface area contributed by atoms with Gasteiger partial charge in [0.25, 0.3) is 0 Å². The molecule has 2 rings (SSSR count). The van der Waals surface area contributed by atoms with Crippen LogP contribution in [0.3, 0.4) is 0 Å². The van der Waals surface area contributed by atoms with Crippen molar-refractivity contribution < 1.29 is 14.7 Å². The molecule has 0 saturated heterocycles. The summed E-state index contributed by atoms with van der Waals surface area (Å²) in [6.45, 7) is 1.87. The van der Waals surface area contributed by atoms with E-state index in [2.05, 4.69) is 10.6 Å². The largest absolute Gasteiger partial charge is 0.481 e. The summed E-state index contributed by atoms with van der Waals surface area (Å²) in [6, 6.07) is 5.04. The molecule has 0 aliphatic heterocycles. The van der Waals surface area contributed by atoms with Gasteiger partial charge in [-0.05, 0) is 56.4 Å². The molecule has 1 aromatic carbocycles. The molecule has 21 heavy (non-hydrogen) atoms. The minimum Gasteiger partial charge on any atom is -0.481 e. The molecule has 6 heteroatoms. The van der Waals surface area contributed by atoms with E-state index in [1.54, 1.807) is 18.2 Å². The van der Waals surface area contributed by atoms with Crippen LogP contribution in [0.2, 0.25) is 5.02 Å². The van der Waals surface area contributed by atoms with Gasteiger partial charge in [-0.3, -0.25) is 4.79 Å². The molecule has 1 fully saturated rings. The lowest BCUT2D eigenvalue weighted by Gasteiger charge is -2.27. The van der Waals surface area contributed by atoms with Gasteiger partial charge in [-0.25, -0.2) is 4.79 Å². The number of aliphatic carboxylic acids is 1. The monoisotopic (exact) mass is 310 g/mol. The van der Waals surface area contributed by atoms with Crippen LogP contribution in [0.15, 0.2) is 18.2 Å². The molecule has 2 amide bonds. The van der Waals surface area contributed by atoms with Crippen LogP contribution in [0.5, 0.6) is 0 Å². The predicted molar refractivity (Wildman–Crippen MR) is 81.7 cm³/mol. The van der Waals surface area contributed by atoms with E-state index in [0.717, 1.165) is 11.3 Å². The smallest absolute Gasteiger partial charge is 0.319 e. The van der Waals surface area contributed by atoms with Crippen LogP contribution in [0.4, 0.5) is 10.5 Å². The van der Waals surface area contributed by atoms with E-state index >= 15 is 0 Å². The summed E-state index contributed by atoms with van der Waals surface area (Å²) >= 11 is 5.87. The number of carbonyl (C=O) groups excluding carboxylic acids is 1. The maximum atomic E-state index is 12.0. The van der Waals surface area contributed by atoms with Crippen molar-refractivity contribution >= 4 is 29.3 Å².